The first-order valence-corrected chi connectivity index (χ1v) is 7.35. The maximum atomic E-state index is 6.62. The van der Waals surface area contributed by atoms with E-state index in [1.165, 1.54) is 0 Å². The molecule has 20 heavy (non-hydrogen) atoms. The Hall–Kier alpha value is -0.455. The highest BCUT2D eigenvalue weighted by molar-refractivity contribution is 6.44. The molecular formula is C15H15B5. The van der Waals surface area contributed by atoms with Crippen LogP contribution in [0.25, 0.3) is 0 Å². The summed E-state index contributed by atoms with van der Waals surface area (Å²) in [5, 5.41) is -2.12. The SMILES string of the molecule is [B]C1([B])CCC([B])([B])c2c1cccc2C1([B])CCCC1. The molecule has 0 atom stereocenters. The van der Waals surface area contributed by atoms with Crippen molar-refractivity contribution < 1.29 is 0 Å². The molecule has 0 spiro atoms. The molecular weight excluding hydrogens is 234 g/mol. The molecule has 10 radical (unpaired) electrons. The van der Waals surface area contributed by atoms with Gasteiger partial charge in [0, 0.05) is 0 Å². The summed E-state index contributed by atoms with van der Waals surface area (Å²) in [6.45, 7) is 0. The lowest BCUT2D eigenvalue weighted by Gasteiger charge is -2.47. The Balaban J connectivity index is 2.23. The Morgan fingerprint density at radius 3 is 1.90 bits per heavy atom. The van der Waals surface area contributed by atoms with E-state index in [0.717, 1.165) is 42.4 Å². The second-order valence-electron chi connectivity index (χ2n) is 6.67. The van der Waals surface area contributed by atoms with Crippen LogP contribution in [0.15, 0.2) is 18.2 Å². The smallest absolute Gasteiger partial charge is 0.0753 e. The van der Waals surface area contributed by atoms with E-state index in [1.807, 2.05) is 18.2 Å². The van der Waals surface area contributed by atoms with Gasteiger partial charge in [-0.2, -0.15) is 0 Å². The molecule has 3 rings (SSSR count). The van der Waals surface area contributed by atoms with Gasteiger partial charge in [-0.1, -0.05) is 78.3 Å². The molecule has 0 nitrogen and oxygen atoms in total. The third kappa shape index (κ3) is 2.12. The zero-order valence-corrected chi connectivity index (χ0v) is 11.9. The molecule has 0 unspecified atom stereocenters. The minimum Gasteiger partial charge on any atom is -0.0753 e. The molecule has 0 saturated heterocycles. The zero-order valence-electron chi connectivity index (χ0n) is 11.9. The number of hydrogen-bond acceptors (Lipinski definition) is 0. The van der Waals surface area contributed by atoms with Gasteiger partial charge in [-0.25, -0.2) is 0 Å². The van der Waals surface area contributed by atoms with Crippen molar-refractivity contribution in [3.05, 3.63) is 34.9 Å². The maximum absolute atomic E-state index is 6.62. The van der Waals surface area contributed by atoms with Gasteiger partial charge in [0.1, 0.15) is 0 Å². The first-order valence-electron chi connectivity index (χ1n) is 7.35. The van der Waals surface area contributed by atoms with Crippen LogP contribution in [0.2, 0.25) is 0 Å². The number of fused-ring (bicyclic) bond motifs is 1. The lowest BCUT2D eigenvalue weighted by molar-refractivity contribution is 0.547. The average Bonchev–Trinajstić information content (AvgIpc) is 2.83. The summed E-state index contributed by atoms with van der Waals surface area (Å²) in [4.78, 5) is 0. The van der Waals surface area contributed by atoms with E-state index < -0.39 is 10.4 Å². The van der Waals surface area contributed by atoms with Crippen molar-refractivity contribution in [3.8, 4) is 0 Å². The summed E-state index contributed by atoms with van der Waals surface area (Å²) in [6, 6.07) is 5.95. The Morgan fingerprint density at radius 1 is 0.700 bits per heavy atom. The Kier molecular flexibility index (Phi) is 3.27. The largest absolute Gasteiger partial charge is 0.0810 e. The molecule has 2 aliphatic carbocycles. The van der Waals surface area contributed by atoms with Crippen molar-refractivity contribution in [3.63, 3.8) is 0 Å². The normalized spacial score (nSPS) is 26.0. The van der Waals surface area contributed by atoms with Gasteiger partial charge < -0.3 is 0 Å². The first kappa shape index (κ1) is 14.5. The predicted molar refractivity (Wildman–Crippen MR) is 87.9 cm³/mol. The summed E-state index contributed by atoms with van der Waals surface area (Å²) in [6.07, 6.45) is 5.34. The fraction of sp³-hybridized carbons (Fsp3) is 0.600. The van der Waals surface area contributed by atoms with Crippen LogP contribution in [-0.2, 0) is 15.7 Å². The minimum absolute atomic E-state index is 0.344. The Labute approximate surface area is 128 Å². The molecule has 0 aliphatic heterocycles. The van der Waals surface area contributed by atoms with Crippen molar-refractivity contribution >= 4 is 39.2 Å². The van der Waals surface area contributed by atoms with Crippen molar-refractivity contribution in [2.45, 2.75) is 54.3 Å². The van der Waals surface area contributed by atoms with Gasteiger partial charge in [-0.3, -0.25) is 0 Å². The van der Waals surface area contributed by atoms with E-state index in [9.17, 15) is 0 Å². The van der Waals surface area contributed by atoms with Gasteiger partial charge in [0.05, 0.1) is 39.2 Å². The molecule has 0 heterocycles. The molecule has 0 aromatic heterocycles. The van der Waals surface area contributed by atoms with Crippen molar-refractivity contribution in [1.29, 1.82) is 0 Å². The number of benzene rings is 1. The molecule has 0 amide bonds. The van der Waals surface area contributed by atoms with Crippen LogP contribution in [0.3, 0.4) is 0 Å². The molecule has 1 aromatic carbocycles. The summed E-state index contributed by atoms with van der Waals surface area (Å²) in [5.74, 6) is 0. The fourth-order valence-electron chi connectivity index (χ4n) is 3.81. The number of rotatable bonds is 1. The third-order valence-corrected chi connectivity index (χ3v) is 5.02. The number of hydrogen-bond donors (Lipinski definition) is 0. The van der Waals surface area contributed by atoms with Gasteiger partial charge in [-0.15, -0.1) is 0 Å². The van der Waals surface area contributed by atoms with E-state index in [0.29, 0.717) is 12.8 Å². The molecule has 2 aliphatic rings. The average molecular weight is 249 g/mol. The highest BCUT2D eigenvalue weighted by atomic mass is 14.4. The van der Waals surface area contributed by atoms with E-state index in [-0.39, 0.29) is 5.31 Å². The summed E-state index contributed by atoms with van der Waals surface area (Å²) in [5.41, 5.74) is 2.76. The predicted octanol–water partition coefficient (Wildman–Crippen LogP) is 1.40. The lowest BCUT2D eigenvalue weighted by atomic mass is 9.35. The molecule has 90 valence electrons. The third-order valence-electron chi connectivity index (χ3n) is 5.02. The molecule has 5 heteroatoms. The van der Waals surface area contributed by atoms with E-state index in [4.69, 9.17) is 39.2 Å². The standard InChI is InChI=1S/C15H15B5/c16-13(6-1-2-7-13)10-4-3-5-11-12(10)15(19,20)9-8-14(11,17)18/h3-5H,1-2,6-9H2. The lowest BCUT2D eigenvalue weighted by Crippen LogP contribution is -2.44. The van der Waals surface area contributed by atoms with Crippen LogP contribution in [0.4, 0.5) is 0 Å². The van der Waals surface area contributed by atoms with Crippen molar-refractivity contribution in [1.82, 2.24) is 0 Å². The Bertz CT molecular complexity index is 529. The topological polar surface area (TPSA) is 0 Å². The molecule has 0 bridgehead atoms. The summed E-state index contributed by atoms with van der Waals surface area (Å²) >= 11 is 0. The van der Waals surface area contributed by atoms with Gasteiger partial charge >= 0.3 is 0 Å². The molecule has 1 fully saturated rings. The quantitative estimate of drug-likeness (QED) is 0.660. The Morgan fingerprint density at radius 2 is 1.25 bits per heavy atom. The van der Waals surface area contributed by atoms with Gasteiger partial charge in [0.15, 0.2) is 0 Å². The van der Waals surface area contributed by atoms with Crippen molar-refractivity contribution in [2.75, 3.05) is 0 Å². The highest BCUT2D eigenvalue weighted by Gasteiger charge is 2.41. The van der Waals surface area contributed by atoms with Crippen molar-refractivity contribution in [2.24, 2.45) is 0 Å². The minimum atomic E-state index is -0.900. The van der Waals surface area contributed by atoms with E-state index >= 15 is 0 Å². The second kappa shape index (κ2) is 4.52. The first-order chi connectivity index (χ1) is 9.26. The van der Waals surface area contributed by atoms with Gasteiger partial charge in [0.2, 0.25) is 0 Å². The van der Waals surface area contributed by atoms with Crippen LogP contribution in [0, 0.1) is 0 Å². The summed E-state index contributed by atoms with van der Waals surface area (Å²) < 4.78 is 0. The molecule has 1 saturated carbocycles. The van der Waals surface area contributed by atoms with Gasteiger partial charge in [0.25, 0.3) is 0 Å². The molecule has 1 aromatic rings. The van der Waals surface area contributed by atoms with Crippen LogP contribution >= 0.6 is 0 Å². The highest BCUT2D eigenvalue weighted by Crippen LogP contribution is 2.48. The van der Waals surface area contributed by atoms with E-state index in [1.54, 1.807) is 0 Å². The van der Waals surface area contributed by atoms with Crippen LogP contribution < -0.4 is 0 Å². The van der Waals surface area contributed by atoms with Gasteiger partial charge in [-0.05, 0) is 10.9 Å². The van der Waals surface area contributed by atoms with Crippen LogP contribution in [-0.4, -0.2) is 39.2 Å². The van der Waals surface area contributed by atoms with Crippen LogP contribution in [0.5, 0.6) is 0 Å². The monoisotopic (exact) mass is 250 g/mol. The maximum Gasteiger partial charge on any atom is 0.0810 e. The molecule has 0 N–H and O–H groups in total. The van der Waals surface area contributed by atoms with Crippen LogP contribution in [0.1, 0.15) is 55.2 Å². The second-order valence-corrected chi connectivity index (χ2v) is 6.67. The van der Waals surface area contributed by atoms with E-state index in [2.05, 4.69) is 0 Å². The zero-order chi connectivity index (χ0) is 14.6. The summed E-state index contributed by atoms with van der Waals surface area (Å²) in [7, 11) is 31.8. The fourth-order valence-corrected chi connectivity index (χ4v) is 3.81.